The van der Waals surface area contributed by atoms with Crippen molar-refractivity contribution in [2.24, 2.45) is 0 Å². The second-order valence-corrected chi connectivity index (χ2v) is 4.66. The van der Waals surface area contributed by atoms with Crippen molar-refractivity contribution < 1.29 is 14.3 Å². The summed E-state index contributed by atoms with van der Waals surface area (Å²) in [5.74, 6) is 0.0616. The molecule has 0 fully saturated rings. The zero-order valence-corrected chi connectivity index (χ0v) is 13.0. The third-order valence-corrected chi connectivity index (χ3v) is 2.32. The van der Waals surface area contributed by atoms with Crippen LogP contribution in [0, 0.1) is 0 Å². The highest BCUT2D eigenvalue weighted by Gasteiger charge is 1.93. The van der Waals surface area contributed by atoms with Crippen LogP contribution < -0.4 is 10.6 Å². The number of nitrogens with one attached hydrogen (secondary N) is 2. The van der Waals surface area contributed by atoms with Crippen LogP contribution in [0.4, 0.5) is 0 Å². The maximum absolute atomic E-state index is 10.5. The Morgan fingerprint density at radius 1 is 0.895 bits per heavy atom. The molecule has 114 valence electrons. The summed E-state index contributed by atoms with van der Waals surface area (Å²) in [4.78, 5) is 21.0. The lowest BCUT2D eigenvalue weighted by Gasteiger charge is -2.03. The Morgan fingerprint density at radius 3 is 1.42 bits per heavy atom. The van der Waals surface area contributed by atoms with Crippen LogP contribution in [0.15, 0.2) is 0 Å². The monoisotopic (exact) mass is 274 g/mol. The molecule has 0 aliphatic rings. The lowest BCUT2D eigenvalue weighted by Crippen LogP contribution is -2.21. The minimum absolute atomic E-state index is 0.0308. The van der Waals surface area contributed by atoms with Gasteiger partial charge in [-0.15, -0.1) is 0 Å². The van der Waals surface area contributed by atoms with Crippen molar-refractivity contribution in [2.75, 3.05) is 20.2 Å². The molecule has 0 aliphatic heterocycles. The molecule has 0 radical (unpaired) electrons. The number of hydrogen-bond acceptors (Lipinski definition) is 3. The van der Waals surface area contributed by atoms with Crippen molar-refractivity contribution >= 4 is 11.8 Å². The first-order valence-electron chi connectivity index (χ1n) is 6.91. The van der Waals surface area contributed by atoms with Crippen LogP contribution in [0.2, 0.25) is 0 Å². The lowest BCUT2D eigenvalue weighted by molar-refractivity contribution is -0.119. The van der Waals surface area contributed by atoms with E-state index in [1.54, 1.807) is 7.11 Å². The van der Waals surface area contributed by atoms with Crippen molar-refractivity contribution in [1.29, 1.82) is 0 Å². The SMILES string of the molecule is CC(=O)NCCCCCCNC(C)=O.COC(C)C. The van der Waals surface area contributed by atoms with Crippen molar-refractivity contribution in [1.82, 2.24) is 10.6 Å². The minimum Gasteiger partial charge on any atom is -0.382 e. The summed E-state index contributed by atoms with van der Waals surface area (Å²) in [5, 5.41) is 5.49. The molecule has 0 aromatic carbocycles. The van der Waals surface area contributed by atoms with E-state index in [-0.39, 0.29) is 11.8 Å². The summed E-state index contributed by atoms with van der Waals surface area (Å²) < 4.78 is 4.75. The normalized spacial score (nSPS) is 9.58. The molecule has 0 spiro atoms. The average molecular weight is 274 g/mol. The number of hydrogen-bond donors (Lipinski definition) is 2. The summed E-state index contributed by atoms with van der Waals surface area (Å²) in [6.07, 6.45) is 4.61. The van der Waals surface area contributed by atoms with Crippen molar-refractivity contribution in [2.45, 2.75) is 59.5 Å². The Kier molecular flexibility index (Phi) is 15.9. The molecule has 5 heteroatoms. The third-order valence-electron chi connectivity index (χ3n) is 2.32. The smallest absolute Gasteiger partial charge is 0.216 e. The molecular formula is C14H30N2O3. The van der Waals surface area contributed by atoms with Crippen molar-refractivity contribution in [3.8, 4) is 0 Å². The van der Waals surface area contributed by atoms with E-state index in [1.165, 1.54) is 13.8 Å². The van der Waals surface area contributed by atoms with Gasteiger partial charge in [-0.3, -0.25) is 9.59 Å². The summed E-state index contributed by atoms with van der Waals surface area (Å²) in [7, 11) is 1.70. The Balaban J connectivity index is 0. The average Bonchev–Trinajstić information content (AvgIpc) is 2.32. The molecule has 0 atom stereocenters. The minimum atomic E-state index is 0.0308. The maximum atomic E-state index is 10.5. The molecule has 0 aliphatic carbocycles. The van der Waals surface area contributed by atoms with Crippen LogP contribution in [-0.4, -0.2) is 38.1 Å². The van der Waals surface area contributed by atoms with Crippen molar-refractivity contribution in [3.05, 3.63) is 0 Å². The highest BCUT2D eigenvalue weighted by molar-refractivity contribution is 5.72. The van der Waals surface area contributed by atoms with E-state index in [0.717, 1.165) is 38.8 Å². The van der Waals surface area contributed by atoms with Gasteiger partial charge in [0.25, 0.3) is 0 Å². The fraction of sp³-hybridized carbons (Fsp3) is 0.857. The zero-order chi connectivity index (χ0) is 15.1. The number of unbranched alkanes of at least 4 members (excludes halogenated alkanes) is 3. The molecule has 0 heterocycles. The second kappa shape index (κ2) is 15.0. The number of ether oxygens (including phenoxy) is 1. The molecular weight excluding hydrogens is 244 g/mol. The van der Waals surface area contributed by atoms with Gasteiger partial charge in [0.15, 0.2) is 0 Å². The highest BCUT2D eigenvalue weighted by Crippen LogP contribution is 1.97. The van der Waals surface area contributed by atoms with E-state index in [0.29, 0.717) is 6.10 Å². The largest absolute Gasteiger partial charge is 0.382 e. The van der Waals surface area contributed by atoms with E-state index >= 15 is 0 Å². The second-order valence-electron chi connectivity index (χ2n) is 4.66. The molecule has 0 rings (SSSR count). The topological polar surface area (TPSA) is 67.4 Å². The van der Waals surface area contributed by atoms with E-state index < -0.39 is 0 Å². The van der Waals surface area contributed by atoms with Crippen molar-refractivity contribution in [3.63, 3.8) is 0 Å². The molecule has 0 unspecified atom stereocenters. The first-order chi connectivity index (χ1) is 8.90. The molecule has 2 N–H and O–H groups in total. The van der Waals surface area contributed by atoms with Gasteiger partial charge in [-0.25, -0.2) is 0 Å². The van der Waals surface area contributed by atoms with Crippen LogP contribution in [0.3, 0.4) is 0 Å². The molecule has 0 saturated carbocycles. The van der Waals surface area contributed by atoms with Crippen LogP contribution >= 0.6 is 0 Å². The van der Waals surface area contributed by atoms with Gasteiger partial charge in [0, 0.05) is 34.0 Å². The fourth-order valence-corrected chi connectivity index (χ4v) is 1.13. The Morgan fingerprint density at radius 2 is 1.21 bits per heavy atom. The number of amides is 2. The maximum Gasteiger partial charge on any atom is 0.216 e. The van der Waals surface area contributed by atoms with Gasteiger partial charge in [-0.2, -0.15) is 0 Å². The molecule has 0 saturated heterocycles. The van der Waals surface area contributed by atoms with Gasteiger partial charge in [-0.1, -0.05) is 12.8 Å². The van der Waals surface area contributed by atoms with Gasteiger partial charge < -0.3 is 15.4 Å². The molecule has 19 heavy (non-hydrogen) atoms. The number of carbonyl (C=O) groups excluding carboxylic acids is 2. The molecule has 5 nitrogen and oxygen atoms in total. The zero-order valence-electron chi connectivity index (χ0n) is 13.0. The fourth-order valence-electron chi connectivity index (χ4n) is 1.13. The first-order valence-corrected chi connectivity index (χ1v) is 6.91. The Labute approximate surface area is 117 Å². The standard InChI is InChI=1S/C10H20N2O2.C4H10O/c1-9(13)11-7-5-3-4-6-8-12-10(2)14;1-4(2)5-3/h3-8H2,1-2H3,(H,11,13)(H,12,14);4H,1-3H3. The Hall–Kier alpha value is -1.10. The predicted molar refractivity (Wildman–Crippen MR) is 78.0 cm³/mol. The van der Waals surface area contributed by atoms with E-state index in [9.17, 15) is 9.59 Å². The van der Waals surface area contributed by atoms with E-state index in [1.807, 2.05) is 13.8 Å². The summed E-state index contributed by atoms with van der Waals surface area (Å²) in [6.45, 7) is 8.57. The molecule has 0 aromatic heterocycles. The number of methoxy groups -OCH3 is 1. The van der Waals surface area contributed by atoms with Crippen LogP contribution in [0.25, 0.3) is 0 Å². The molecule has 0 bridgehead atoms. The summed E-state index contributed by atoms with van der Waals surface area (Å²) in [5.41, 5.74) is 0. The number of rotatable bonds is 8. The van der Waals surface area contributed by atoms with Crippen LogP contribution in [-0.2, 0) is 14.3 Å². The lowest BCUT2D eigenvalue weighted by atomic mass is 10.2. The summed E-state index contributed by atoms with van der Waals surface area (Å²) in [6, 6.07) is 0. The van der Waals surface area contributed by atoms with Gasteiger partial charge in [-0.05, 0) is 26.7 Å². The van der Waals surface area contributed by atoms with Crippen LogP contribution in [0.5, 0.6) is 0 Å². The van der Waals surface area contributed by atoms with Crippen LogP contribution in [0.1, 0.15) is 53.4 Å². The summed E-state index contributed by atoms with van der Waals surface area (Å²) >= 11 is 0. The molecule has 0 aromatic rings. The van der Waals surface area contributed by atoms with E-state index in [2.05, 4.69) is 10.6 Å². The Bertz CT molecular complexity index is 211. The highest BCUT2D eigenvalue weighted by atomic mass is 16.5. The number of carbonyl (C=O) groups is 2. The van der Waals surface area contributed by atoms with E-state index in [4.69, 9.17) is 4.74 Å². The van der Waals surface area contributed by atoms with Gasteiger partial charge >= 0.3 is 0 Å². The molecule has 2 amide bonds. The third kappa shape index (κ3) is 26.5. The van der Waals surface area contributed by atoms with Gasteiger partial charge in [0.05, 0.1) is 6.10 Å². The van der Waals surface area contributed by atoms with Gasteiger partial charge in [0.2, 0.25) is 11.8 Å². The van der Waals surface area contributed by atoms with Gasteiger partial charge in [0.1, 0.15) is 0 Å². The first kappa shape index (κ1) is 20.2. The quantitative estimate of drug-likeness (QED) is 0.664. The predicted octanol–water partition coefficient (Wildman–Crippen LogP) is 1.86.